The largest absolute Gasteiger partial charge is 0.452 e. The number of esters is 1. The summed E-state index contributed by atoms with van der Waals surface area (Å²) in [4.78, 5) is 36.3. The fourth-order valence-electron chi connectivity index (χ4n) is 3.18. The molecule has 170 valence electrons. The standard InChI is InChI=1S/C25H19ClN4O4/c26-18-10-6-16(7-11-18)23-21(14-30(29-23)20-4-2-1-3-5-20)25(33)34-15-22(31)28-19-12-8-17(9-13-19)24(27)32/h1-14H,15H2,(H2,27,32)(H,28,31). The number of hydrogen-bond donors (Lipinski definition) is 2. The average molecular weight is 475 g/mol. The number of hydrogen-bond acceptors (Lipinski definition) is 5. The van der Waals surface area contributed by atoms with Crippen LogP contribution < -0.4 is 11.1 Å². The van der Waals surface area contributed by atoms with Gasteiger partial charge < -0.3 is 15.8 Å². The maximum Gasteiger partial charge on any atom is 0.342 e. The van der Waals surface area contributed by atoms with Gasteiger partial charge in [0.15, 0.2) is 6.61 Å². The van der Waals surface area contributed by atoms with E-state index in [-0.39, 0.29) is 5.56 Å². The second-order valence-corrected chi connectivity index (χ2v) is 7.68. The van der Waals surface area contributed by atoms with Crippen molar-refractivity contribution >= 4 is 35.1 Å². The fourth-order valence-corrected chi connectivity index (χ4v) is 3.31. The lowest BCUT2D eigenvalue weighted by atomic mass is 10.1. The molecule has 2 amide bonds. The molecular formula is C25H19ClN4O4. The number of carbonyl (C=O) groups is 3. The maximum atomic E-state index is 12.9. The molecule has 0 atom stereocenters. The molecule has 0 spiro atoms. The van der Waals surface area contributed by atoms with Crippen molar-refractivity contribution in [2.45, 2.75) is 0 Å². The van der Waals surface area contributed by atoms with E-state index in [2.05, 4.69) is 10.4 Å². The van der Waals surface area contributed by atoms with Crippen LogP contribution in [-0.2, 0) is 9.53 Å². The Balaban J connectivity index is 1.51. The lowest BCUT2D eigenvalue weighted by Crippen LogP contribution is -2.21. The van der Waals surface area contributed by atoms with Crippen LogP contribution in [0.25, 0.3) is 16.9 Å². The predicted octanol–water partition coefficient (Wildman–Crippen LogP) is 4.09. The number of rotatable bonds is 7. The first-order valence-electron chi connectivity index (χ1n) is 10.2. The number of nitrogens with zero attached hydrogens (tertiary/aromatic N) is 2. The number of anilines is 1. The van der Waals surface area contributed by atoms with Crippen molar-refractivity contribution < 1.29 is 19.1 Å². The Morgan fingerprint density at radius 2 is 1.62 bits per heavy atom. The highest BCUT2D eigenvalue weighted by Gasteiger charge is 2.21. The number of benzene rings is 3. The zero-order chi connectivity index (χ0) is 24.1. The number of nitrogens with two attached hydrogens (primary N) is 1. The topological polar surface area (TPSA) is 116 Å². The van der Waals surface area contributed by atoms with Crippen LogP contribution in [0.3, 0.4) is 0 Å². The molecule has 34 heavy (non-hydrogen) atoms. The minimum absolute atomic E-state index is 0.199. The first-order chi connectivity index (χ1) is 16.4. The van der Waals surface area contributed by atoms with Crippen molar-refractivity contribution in [3.8, 4) is 16.9 Å². The average Bonchev–Trinajstić information content (AvgIpc) is 3.29. The first kappa shape index (κ1) is 22.8. The van der Waals surface area contributed by atoms with Crippen molar-refractivity contribution in [1.29, 1.82) is 0 Å². The van der Waals surface area contributed by atoms with E-state index in [9.17, 15) is 14.4 Å². The minimum atomic E-state index is -0.702. The summed E-state index contributed by atoms with van der Waals surface area (Å²) in [5.41, 5.74) is 7.98. The summed E-state index contributed by atoms with van der Waals surface area (Å²) in [6.45, 7) is -0.507. The molecule has 0 bridgehead atoms. The molecule has 3 N–H and O–H groups in total. The van der Waals surface area contributed by atoms with E-state index < -0.39 is 24.4 Å². The molecule has 0 fully saturated rings. The van der Waals surface area contributed by atoms with E-state index in [1.54, 1.807) is 35.1 Å². The number of nitrogens with one attached hydrogen (secondary N) is 1. The van der Waals surface area contributed by atoms with Crippen molar-refractivity contribution in [2.24, 2.45) is 5.73 Å². The third-order valence-corrected chi connectivity index (χ3v) is 5.11. The molecule has 0 aliphatic carbocycles. The van der Waals surface area contributed by atoms with E-state index in [0.29, 0.717) is 27.5 Å². The lowest BCUT2D eigenvalue weighted by Gasteiger charge is -2.07. The number of aromatic nitrogens is 2. The van der Waals surface area contributed by atoms with Crippen LogP contribution in [0.15, 0.2) is 85.1 Å². The Hall–Kier alpha value is -4.43. The van der Waals surface area contributed by atoms with Crippen LogP contribution in [-0.4, -0.2) is 34.2 Å². The Kier molecular flexibility index (Phi) is 6.70. The number of carbonyl (C=O) groups excluding carboxylic acids is 3. The molecule has 3 aromatic carbocycles. The van der Waals surface area contributed by atoms with Crippen LogP contribution >= 0.6 is 11.6 Å². The molecule has 4 aromatic rings. The van der Waals surface area contributed by atoms with Crippen molar-refractivity contribution in [2.75, 3.05) is 11.9 Å². The number of para-hydroxylation sites is 1. The second kappa shape index (κ2) is 10.0. The van der Waals surface area contributed by atoms with Gasteiger partial charge in [0.05, 0.1) is 5.69 Å². The predicted molar refractivity (Wildman–Crippen MR) is 128 cm³/mol. The molecule has 9 heteroatoms. The summed E-state index contributed by atoms with van der Waals surface area (Å²) in [6, 6.07) is 22.2. The molecule has 1 aromatic heterocycles. The van der Waals surface area contributed by atoms with Gasteiger partial charge >= 0.3 is 5.97 Å². The molecule has 4 rings (SSSR count). The Morgan fingerprint density at radius 1 is 0.941 bits per heavy atom. The summed E-state index contributed by atoms with van der Waals surface area (Å²) >= 11 is 5.99. The summed E-state index contributed by atoms with van der Waals surface area (Å²) in [5, 5.41) is 7.70. The number of primary amides is 1. The van der Waals surface area contributed by atoms with Gasteiger partial charge in [0.25, 0.3) is 5.91 Å². The van der Waals surface area contributed by atoms with E-state index in [1.165, 1.54) is 24.3 Å². The molecule has 1 heterocycles. The van der Waals surface area contributed by atoms with Gasteiger partial charge in [-0.2, -0.15) is 5.10 Å². The van der Waals surface area contributed by atoms with Crippen molar-refractivity contribution in [3.05, 3.63) is 101 Å². The monoisotopic (exact) mass is 474 g/mol. The summed E-state index contributed by atoms with van der Waals surface area (Å²) < 4.78 is 6.82. The molecular weight excluding hydrogens is 456 g/mol. The minimum Gasteiger partial charge on any atom is -0.452 e. The van der Waals surface area contributed by atoms with E-state index in [1.807, 2.05) is 30.3 Å². The van der Waals surface area contributed by atoms with Crippen LogP contribution in [0, 0.1) is 0 Å². The van der Waals surface area contributed by atoms with Gasteiger partial charge in [-0.1, -0.05) is 41.9 Å². The molecule has 0 unspecified atom stereocenters. The Labute approximate surface area is 199 Å². The number of halogens is 1. The quantitative estimate of drug-likeness (QED) is 0.391. The van der Waals surface area contributed by atoms with Crippen LogP contribution in [0.1, 0.15) is 20.7 Å². The van der Waals surface area contributed by atoms with Crippen molar-refractivity contribution in [3.63, 3.8) is 0 Å². The van der Waals surface area contributed by atoms with Crippen LogP contribution in [0.5, 0.6) is 0 Å². The van der Waals surface area contributed by atoms with Gasteiger partial charge in [-0.3, -0.25) is 9.59 Å². The number of amides is 2. The van der Waals surface area contributed by atoms with Gasteiger partial charge in [0.2, 0.25) is 5.91 Å². The number of ether oxygens (including phenoxy) is 1. The van der Waals surface area contributed by atoms with Crippen LogP contribution in [0.2, 0.25) is 5.02 Å². The zero-order valence-corrected chi connectivity index (χ0v) is 18.5. The van der Waals surface area contributed by atoms with E-state index in [0.717, 1.165) is 5.69 Å². The molecule has 0 saturated heterocycles. The SMILES string of the molecule is NC(=O)c1ccc(NC(=O)COC(=O)c2cn(-c3ccccc3)nc2-c2ccc(Cl)cc2)cc1. The Bertz CT molecular complexity index is 1330. The Morgan fingerprint density at radius 3 is 2.26 bits per heavy atom. The summed E-state index contributed by atoms with van der Waals surface area (Å²) in [5.74, 6) is -1.81. The third-order valence-electron chi connectivity index (χ3n) is 4.86. The first-order valence-corrected chi connectivity index (χ1v) is 10.6. The fraction of sp³-hybridized carbons (Fsp3) is 0.0400. The van der Waals surface area contributed by atoms with Gasteiger partial charge in [-0.25, -0.2) is 9.48 Å². The molecule has 0 aliphatic rings. The maximum absolute atomic E-state index is 12.9. The van der Waals surface area contributed by atoms with E-state index >= 15 is 0 Å². The smallest absolute Gasteiger partial charge is 0.342 e. The highest BCUT2D eigenvalue weighted by Crippen LogP contribution is 2.26. The van der Waals surface area contributed by atoms with Crippen molar-refractivity contribution in [1.82, 2.24) is 9.78 Å². The van der Waals surface area contributed by atoms with E-state index in [4.69, 9.17) is 22.1 Å². The second-order valence-electron chi connectivity index (χ2n) is 7.24. The van der Waals surface area contributed by atoms with Crippen LogP contribution in [0.4, 0.5) is 5.69 Å². The lowest BCUT2D eigenvalue weighted by molar-refractivity contribution is -0.119. The molecule has 8 nitrogen and oxygen atoms in total. The van der Waals surface area contributed by atoms with Gasteiger partial charge in [0, 0.05) is 28.0 Å². The van der Waals surface area contributed by atoms with Gasteiger partial charge in [-0.05, 0) is 48.5 Å². The summed E-state index contributed by atoms with van der Waals surface area (Å²) in [7, 11) is 0. The van der Waals surface area contributed by atoms with Gasteiger partial charge in [-0.15, -0.1) is 0 Å². The highest BCUT2D eigenvalue weighted by atomic mass is 35.5. The summed E-state index contributed by atoms with van der Waals surface area (Å²) in [6.07, 6.45) is 1.56. The molecule has 0 aliphatic heterocycles. The molecule has 0 radical (unpaired) electrons. The zero-order valence-electron chi connectivity index (χ0n) is 17.8. The normalized spacial score (nSPS) is 10.5. The molecule has 0 saturated carbocycles. The van der Waals surface area contributed by atoms with Gasteiger partial charge in [0.1, 0.15) is 11.3 Å². The third kappa shape index (κ3) is 5.31. The highest BCUT2D eigenvalue weighted by molar-refractivity contribution is 6.30.